The van der Waals surface area contributed by atoms with Gasteiger partial charge in [0.25, 0.3) is 0 Å². The number of ether oxygens (including phenoxy) is 1. The summed E-state index contributed by atoms with van der Waals surface area (Å²) >= 11 is 0. The predicted molar refractivity (Wildman–Crippen MR) is 82.6 cm³/mol. The molecule has 1 rings (SSSR count). The van der Waals surface area contributed by atoms with Crippen molar-refractivity contribution in [3.05, 3.63) is 35.4 Å². The molecule has 0 saturated carbocycles. The average molecular weight is 289 g/mol. The third kappa shape index (κ3) is 7.50. The fourth-order valence-corrected chi connectivity index (χ4v) is 1.54. The maximum absolute atomic E-state index is 11.7. The van der Waals surface area contributed by atoms with Crippen molar-refractivity contribution in [2.24, 2.45) is 0 Å². The third-order valence-electron chi connectivity index (χ3n) is 2.59. The summed E-state index contributed by atoms with van der Waals surface area (Å²) < 4.78 is 5.42. The van der Waals surface area contributed by atoms with Crippen LogP contribution in [0.4, 0.5) is 0 Å². The minimum absolute atomic E-state index is 0.0435. The monoisotopic (exact) mass is 289 g/mol. The molecule has 0 bridgehead atoms. The molecule has 1 aromatic carbocycles. The van der Waals surface area contributed by atoms with Gasteiger partial charge in [-0.05, 0) is 32.4 Å². The van der Waals surface area contributed by atoms with E-state index >= 15 is 0 Å². The molecule has 0 aliphatic heterocycles. The van der Waals surface area contributed by atoms with Crippen molar-refractivity contribution in [1.29, 1.82) is 0 Å². The van der Waals surface area contributed by atoms with Gasteiger partial charge in [0, 0.05) is 18.5 Å². The summed E-state index contributed by atoms with van der Waals surface area (Å²) in [7, 11) is 0. The van der Waals surface area contributed by atoms with Crippen molar-refractivity contribution in [3.63, 3.8) is 0 Å². The zero-order valence-electron chi connectivity index (χ0n) is 12.9. The molecule has 0 fully saturated rings. The van der Waals surface area contributed by atoms with Gasteiger partial charge in [0.15, 0.2) is 0 Å². The van der Waals surface area contributed by atoms with Crippen molar-refractivity contribution in [2.75, 3.05) is 13.2 Å². The second-order valence-electron chi connectivity index (χ2n) is 5.61. The van der Waals surface area contributed by atoms with Crippen LogP contribution in [0.5, 0.6) is 0 Å². The minimum atomic E-state index is -0.328. The van der Waals surface area contributed by atoms with Crippen LogP contribution in [-0.2, 0) is 16.1 Å². The molecule has 1 aromatic rings. The molecule has 0 radical (unpaired) electrons. The van der Waals surface area contributed by atoms with Gasteiger partial charge in [0.1, 0.15) is 6.61 Å². The first kappa shape index (κ1) is 17.2. The molecule has 0 unspecified atom stereocenters. The number of carbonyl (C=O) groups excluding carboxylic acids is 1. The van der Waals surface area contributed by atoms with Crippen LogP contribution in [-0.4, -0.2) is 29.8 Å². The van der Waals surface area contributed by atoms with Gasteiger partial charge in [0.2, 0.25) is 5.91 Å². The number of rotatable bonds is 5. The van der Waals surface area contributed by atoms with Crippen LogP contribution in [0.3, 0.4) is 0 Å². The molecule has 0 atom stereocenters. The van der Waals surface area contributed by atoms with Crippen LogP contribution in [0.1, 0.15) is 38.3 Å². The first-order valence-electron chi connectivity index (χ1n) is 7.00. The highest BCUT2D eigenvalue weighted by Crippen LogP contribution is 2.08. The highest BCUT2D eigenvalue weighted by atomic mass is 16.5. The third-order valence-corrected chi connectivity index (χ3v) is 2.59. The lowest BCUT2D eigenvalue weighted by atomic mass is 10.1. The van der Waals surface area contributed by atoms with E-state index in [9.17, 15) is 4.79 Å². The molecule has 4 heteroatoms. The summed E-state index contributed by atoms with van der Waals surface area (Å²) in [6.07, 6.45) is 0.445. The van der Waals surface area contributed by atoms with E-state index in [2.05, 4.69) is 17.2 Å². The van der Waals surface area contributed by atoms with Crippen molar-refractivity contribution in [2.45, 2.75) is 39.3 Å². The lowest BCUT2D eigenvalue weighted by Gasteiger charge is -2.19. The molecule has 2 N–H and O–H groups in total. The van der Waals surface area contributed by atoms with Crippen molar-refractivity contribution in [1.82, 2.24) is 5.32 Å². The summed E-state index contributed by atoms with van der Waals surface area (Å²) in [6, 6.07) is 7.63. The summed E-state index contributed by atoms with van der Waals surface area (Å²) in [5.74, 6) is 5.74. The molecule has 21 heavy (non-hydrogen) atoms. The number of amides is 1. The van der Waals surface area contributed by atoms with Crippen molar-refractivity contribution in [3.8, 4) is 11.8 Å². The van der Waals surface area contributed by atoms with E-state index in [1.165, 1.54) is 0 Å². The molecule has 0 heterocycles. The van der Waals surface area contributed by atoms with Gasteiger partial charge >= 0.3 is 0 Å². The quantitative estimate of drug-likeness (QED) is 0.813. The Hall–Kier alpha value is -1.83. The molecule has 0 spiro atoms. The Morgan fingerprint density at radius 1 is 1.33 bits per heavy atom. The normalized spacial score (nSPS) is 10.7. The van der Waals surface area contributed by atoms with Crippen LogP contribution in [0.25, 0.3) is 0 Å². The first-order valence-corrected chi connectivity index (χ1v) is 7.00. The Bertz CT molecular complexity index is 521. The standard InChI is InChI=1S/C17H23NO3/c1-17(2,3)21-13-16(20)18-12-15-10-5-4-8-14(15)9-6-7-11-19/h4-5,8,10,19H,7,11-13H2,1-3H3,(H,18,20). The minimum Gasteiger partial charge on any atom is -0.395 e. The maximum Gasteiger partial charge on any atom is 0.246 e. The number of benzene rings is 1. The van der Waals surface area contributed by atoms with Crippen LogP contribution >= 0.6 is 0 Å². The van der Waals surface area contributed by atoms with E-state index < -0.39 is 0 Å². The predicted octanol–water partition coefficient (Wildman–Crippen LogP) is 1.85. The van der Waals surface area contributed by atoms with Gasteiger partial charge in [-0.2, -0.15) is 0 Å². The van der Waals surface area contributed by atoms with Crippen LogP contribution in [0.2, 0.25) is 0 Å². The van der Waals surface area contributed by atoms with Gasteiger partial charge < -0.3 is 15.2 Å². The molecule has 0 saturated heterocycles. The van der Waals surface area contributed by atoms with E-state index in [0.29, 0.717) is 13.0 Å². The molecular formula is C17H23NO3. The lowest BCUT2D eigenvalue weighted by molar-refractivity contribution is -0.130. The Labute approximate surface area is 126 Å². The van der Waals surface area contributed by atoms with E-state index in [1.54, 1.807) is 0 Å². The largest absolute Gasteiger partial charge is 0.395 e. The van der Waals surface area contributed by atoms with Crippen LogP contribution in [0, 0.1) is 11.8 Å². The number of hydrogen-bond acceptors (Lipinski definition) is 3. The van der Waals surface area contributed by atoms with E-state index in [4.69, 9.17) is 9.84 Å². The fraction of sp³-hybridized carbons (Fsp3) is 0.471. The van der Waals surface area contributed by atoms with Crippen LogP contribution < -0.4 is 5.32 Å². The number of aliphatic hydroxyl groups excluding tert-OH is 1. The van der Waals surface area contributed by atoms with Gasteiger partial charge in [-0.1, -0.05) is 30.0 Å². The molecule has 114 valence electrons. The van der Waals surface area contributed by atoms with Gasteiger partial charge in [0.05, 0.1) is 12.2 Å². The Morgan fingerprint density at radius 3 is 2.71 bits per heavy atom. The van der Waals surface area contributed by atoms with Gasteiger partial charge in [-0.15, -0.1) is 0 Å². The second kappa shape index (κ2) is 8.46. The average Bonchev–Trinajstić information content (AvgIpc) is 2.43. The molecular weight excluding hydrogens is 266 g/mol. The molecule has 0 aliphatic carbocycles. The Kier molecular flexibility index (Phi) is 6.93. The highest BCUT2D eigenvalue weighted by molar-refractivity contribution is 5.77. The van der Waals surface area contributed by atoms with Gasteiger partial charge in [-0.25, -0.2) is 0 Å². The summed E-state index contributed by atoms with van der Waals surface area (Å²) in [5, 5.41) is 11.6. The number of aliphatic hydroxyl groups is 1. The second-order valence-corrected chi connectivity index (χ2v) is 5.61. The topological polar surface area (TPSA) is 58.6 Å². The van der Waals surface area contributed by atoms with E-state index in [1.807, 2.05) is 45.0 Å². The summed E-state index contributed by atoms with van der Waals surface area (Å²) in [5.41, 5.74) is 1.49. The first-order chi connectivity index (χ1) is 9.92. The summed E-state index contributed by atoms with van der Waals surface area (Å²) in [6.45, 7) is 6.24. The molecule has 4 nitrogen and oxygen atoms in total. The zero-order chi connectivity index (χ0) is 15.7. The SMILES string of the molecule is CC(C)(C)OCC(=O)NCc1ccccc1C#CCCO. The van der Waals surface area contributed by atoms with Gasteiger partial charge in [-0.3, -0.25) is 4.79 Å². The smallest absolute Gasteiger partial charge is 0.246 e. The molecule has 0 aliphatic rings. The molecule has 1 amide bonds. The lowest BCUT2D eigenvalue weighted by Crippen LogP contribution is -2.31. The number of carbonyl (C=O) groups is 1. The van der Waals surface area contributed by atoms with Crippen molar-refractivity contribution < 1.29 is 14.6 Å². The van der Waals surface area contributed by atoms with Crippen molar-refractivity contribution >= 4 is 5.91 Å². The Balaban J connectivity index is 2.56. The molecule has 0 aromatic heterocycles. The Morgan fingerprint density at radius 2 is 2.05 bits per heavy atom. The summed E-state index contributed by atoms with van der Waals surface area (Å²) in [4.78, 5) is 11.7. The maximum atomic E-state index is 11.7. The number of hydrogen-bond donors (Lipinski definition) is 2. The van der Waals surface area contributed by atoms with E-state index in [-0.39, 0.29) is 24.7 Å². The fourth-order valence-electron chi connectivity index (χ4n) is 1.54. The van der Waals surface area contributed by atoms with Crippen LogP contribution in [0.15, 0.2) is 24.3 Å². The van der Waals surface area contributed by atoms with E-state index in [0.717, 1.165) is 11.1 Å². The number of nitrogens with one attached hydrogen (secondary N) is 1. The highest BCUT2D eigenvalue weighted by Gasteiger charge is 2.12. The zero-order valence-corrected chi connectivity index (χ0v) is 12.9.